The lowest BCUT2D eigenvalue weighted by Gasteiger charge is -2.00. The first-order chi connectivity index (χ1) is 8.29. The molecular weight excluding hydrogens is 256 g/mol. The van der Waals surface area contributed by atoms with Gasteiger partial charge in [0.05, 0.1) is 5.01 Å². The van der Waals surface area contributed by atoms with Crippen molar-refractivity contribution >= 4 is 28.6 Å². The van der Waals surface area contributed by atoms with Gasteiger partial charge in [0, 0.05) is 36.5 Å². The van der Waals surface area contributed by atoms with Crippen molar-refractivity contribution in [3.8, 4) is 0 Å². The summed E-state index contributed by atoms with van der Waals surface area (Å²) >= 11 is 2.99. The van der Waals surface area contributed by atoms with Gasteiger partial charge in [0.25, 0.3) is 5.91 Å². The Labute approximate surface area is 107 Å². The lowest BCUT2D eigenvalue weighted by molar-refractivity contribution is 0.0949. The van der Waals surface area contributed by atoms with Gasteiger partial charge < -0.3 is 11.1 Å². The average molecular weight is 268 g/mol. The maximum absolute atomic E-state index is 11.7. The molecule has 2 aromatic rings. The van der Waals surface area contributed by atoms with Crippen molar-refractivity contribution in [3.63, 3.8) is 0 Å². The zero-order chi connectivity index (χ0) is 12.1. The molecule has 2 aromatic heterocycles. The molecule has 90 valence electrons. The van der Waals surface area contributed by atoms with Crippen LogP contribution in [0.5, 0.6) is 0 Å². The van der Waals surface area contributed by atoms with Gasteiger partial charge in [-0.25, -0.2) is 9.97 Å². The smallest absolute Gasteiger partial charge is 0.270 e. The molecule has 0 atom stereocenters. The van der Waals surface area contributed by atoms with E-state index in [4.69, 9.17) is 5.73 Å². The fraction of sp³-hybridized carbons (Fsp3) is 0.300. The summed E-state index contributed by atoms with van der Waals surface area (Å²) in [7, 11) is 0. The van der Waals surface area contributed by atoms with Gasteiger partial charge in [-0.05, 0) is 0 Å². The second-order valence-corrected chi connectivity index (χ2v) is 5.18. The zero-order valence-corrected chi connectivity index (χ0v) is 10.7. The van der Waals surface area contributed by atoms with E-state index < -0.39 is 0 Å². The van der Waals surface area contributed by atoms with Crippen LogP contribution in [0.3, 0.4) is 0 Å². The van der Waals surface area contributed by atoms with Gasteiger partial charge in [0.2, 0.25) is 0 Å². The number of carbonyl (C=O) groups excluding carboxylic acids is 1. The minimum atomic E-state index is -0.155. The Hall–Kier alpha value is -1.31. The molecule has 1 amide bonds. The number of thiazole rings is 2. The molecule has 0 unspecified atom stereocenters. The van der Waals surface area contributed by atoms with Crippen LogP contribution < -0.4 is 11.1 Å². The van der Waals surface area contributed by atoms with E-state index in [0.29, 0.717) is 18.8 Å². The number of hydrogen-bond acceptors (Lipinski definition) is 6. The molecule has 2 heterocycles. The first-order valence-electron chi connectivity index (χ1n) is 5.10. The molecule has 0 aliphatic carbocycles. The number of rotatable bonds is 5. The van der Waals surface area contributed by atoms with E-state index in [9.17, 15) is 4.79 Å². The monoisotopic (exact) mass is 268 g/mol. The Morgan fingerprint density at radius 3 is 2.94 bits per heavy atom. The van der Waals surface area contributed by atoms with Crippen molar-refractivity contribution in [2.75, 3.05) is 6.54 Å². The van der Waals surface area contributed by atoms with Crippen molar-refractivity contribution in [2.45, 2.75) is 13.0 Å². The predicted molar refractivity (Wildman–Crippen MR) is 68.2 cm³/mol. The lowest BCUT2D eigenvalue weighted by atomic mass is 10.4. The number of amides is 1. The predicted octanol–water partition coefficient (Wildman–Crippen LogP) is 1.03. The molecule has 0 saturated carbocycles. The minimum Gasteiger partial charge on any atom is -0.350 e. The molecular formula is C10H12N4OS2. The molecule has 0 radical (unpaired) electrons. The quantitative estimate of drug-likeness (QED) is 0.848. The zero-order valence-electron chi connectivity index (χ0n) is 9.05. The standard InChI is InChI=1S/C10H12N4OS2/c11-5-9-14-7(6-17-9)10(15)13-2-1-8-12-3-4-16-8/h3-4,6H,1-2,5,11H2,(H,13,15). The molecule has 0 aliphatic heterocycles. The highest BCUT2D eigenvalue weighted by Crippen LogP contribution is 2.08. The summed E-state index contributed by atoms with van der Waals surface area (Å²) in [6.07, 6.45) is 2.51. The molecule has 7 heteroatoms. The average Bonchev–Trinajstić information content (AvgIpc) is 2.99. The summed E-state index contributed by atoms with van der Waals surface area (Å²) in [4.78, 5) is 19.9. The van der Waals surface area contributed by atoms with Crippen molar-refractivity contribution in [3.05, 3.63) is 32.7 Å². The van der Waals surface area contributed by atoms with E-state index >= 15 is 0 Å². The SMILES string of the molecule is NCc1nc(C(=O)NCCc2nccs2)cs1. The molecule has 17 heavy (non-hydrogen) atoms. The first-order valence-corrected chi connectivity index (χ1v) is 6.86. The highest BCUT2D eigenvalue weighted by atomic mass is 32.1. The van der Waals surface area contributed by atoms with E-state index in [-0.39, 0.29) is 5.91 Å². The Morgan fingerprint density at radius 2 is 2.29 bits per heavy atom. The van der Waals surface area contributed by atoms with Gasteiger partial charge in [-0.15, -0.1) is 22.7 Å². The topological polar surface area (TPSA) is 80.9 Å². The summed E-state index contributed by atoms with van der Waals surface area (Å²) in [6.45, 7) is 0.943. The van der Waals surface area contributed by atoms with Gasteiger partial charge in [-0.3, -0.25) is 4.79 Å². The van der Waals surface area contributed by atoms with Crippen molar-refractivity contribution in [1.29, 1.82) is 0 Å². The third-order valence-corrected chi connectivity index (χ3v) is 3.78. The highest BCUT2D eigenvalue weighted by molar-refractivity contribution is 7.10. The highest BCUT2D eigenvalue weighted by Gasteiger charge is 2.09. The minimum absolute atomic E-state index is 0.155. The van der Waals surface area contributed by atoms with Gasteiger partial charge in [0.1, 0.15) is 10.7 Å². The number of carbonyl (C=O) groups is 1. The van der Waals surface area contributed by atoms with E-state index in [1.54, 1.807) is 22.9 Å². The van der Waals surface area contributed by atoms with E-state index in [0.717, 1.165) is 16.4 Å². The summed E-state index contributed by atoms with van der Waals surface area (Å²) in [5, 5.41) is 8.24. The Morgan fingerprint density at radius 1 is 1.41 bits per heavy atom. The van der Waals surface area contributed by atoms with Crippen LogP contribution in [0.15, 0.2) is 17.0 Å². The third-order valence-electron chi connectivity index (χ3n) is 2.07. The van der Waals surface area contributed by atoms with Crippen LogP contribution in [0, 0.1) is 0 Å². The number of nitrogens with zero attached hydrogens (tertiary/aromatic N) is 2. The number of hydrogen-bond donors (Lipinski definition) is 2. The number of nitrogens with one attached hydrogen (secondary N) is 1. The maximum atomic E-state index is 11.7. The summed E-state index contributed by atoms with van der Waals surface area (Å²) in [6, 6.07) is 0. The van der Waals surface area contributed by atoms with Crippen molar-refractivity contribution in [2.24, 2.45) is 5.73 Å². The van der Waals surface area contributed by atoms with Gasteiger partial charge in [0.15, 0.2) is 0 Å². The van der Waals surface area contributed by atoms with Crippen molar-refractivity contribution in [1.82, 2.24) is 15.3 Å². The molecule has 0 aromatic carbocycles. The van der Waals surface area contributed by atoms with E-state index in [1.165, 1.54) is 11.3 Å². The normalized spacial score (nSPS) is 10.4. The molecule has 0 saturated heterocycles. The van der Waals surface area contributed by atoms with Crippen LogP contribution in [-0.4, -0.2) is 22.4 Å². The second-order valence-electron chi connectivity index (χ2n) is 3.26. The first kappa shape index (κ1) is 12.2. The van der Waals surface area contributed by atoms with E-state index in [1.807, 2.05) is 5.38 Å². The Balaban J connectivity index is 1.81. The number of nitrogens with two attached hydrogens (primary N) is 1. The van der Waals surface area contributed by atoms with Crippen LogP contribution in [0.1, 0.15) is 20.5 Å². The molecule has 0 bridgehead atoms. The van der Waals surface area contributed by atoms with Crippen LogP contribution in [0.25, 0.3) is 0 Å². The second kappa shape index (κ2) is 5.85. The molecule has 3 N–H and O–H groups in total. The molecule has 5 nitrogen and oxygen atoms in total. The Kier molecular flexibility index (Phi) is 4.18. The van der Waals surface area contributed by atoms with E-state index in [2.05, 4.69) is 15.3 Å². The van der Waals surface area contributed by atoms with Gasteiger partial charge in [-0.1, -0.05) is 0 Å². The molecule has 0 spiro atoms. The van der Waals surface area contributed by atoms with Crippen LogP contribution in [0.2, 0.25) is 0 Å². The van der Waals surface area contributed by atoms with Crippen LogP contribution in [-0.2, 0) is 13.0 Å². The van der Waals surface area contributed by atoms with Crippen LogP contribution in [0.4, 0.5) is 0 Å². The third kappa shape index (κ3) is 3.32. The maximum Gasteiger partial charge on any atom is 0.270 e. The summed E-state index contributed by atoms with van der Waals surface area (Å²) < 4.78 is 0. The number of aromatic nitrogens is 2. The largest absolute Gasteiger partial charge is 0.350 e. The fourth-order valence-corrected chi connectivity index (χ4v) is 2.53. The van der Waals surface area contributed by atoms with Crippen LogP contribution >= 0.6 is 22.7 Å². The molecule has 0 aliphatic rings. The summed E-state index contributed by atoms with van der Waals surface area (Å²) in [5.41, 5.74) is 5.88. The molecule has 2 rings (SSSR count). The summed E-state index contributed by atoms with van der Waals surface area (Å²) in [5.74, 6) is -0.155. The van der Waals surface area contributed by atoms with Gasteiger partial charge >= 0.3 is 0 Å². The molecule has 0 fully saturated rings. The lowest BCUT2D eigenvalue weighted by Crippen LogP contribution is -2.26. The fourth-order valence-electron chi connectivity index (χ4n) is 1.26. The Bertz CT molecular complexity index is 480. The van der Waals surface area contributed by atoms with Crippen molar-refractivity contribution < 1.29 is 4.79 Å². The van der Waals surface area contributed by atoms with Gasteiger partial charge in [-0.2, -0.15) is 0 Å².